The molecule has 0 aliphatic carbocycles. The second kappa shape index (κ2) is 8.14. The molecule has 0 aliphatic rings. The fourth-order valence-electron chi connectivity index (χ4n) is 2.98. The first-order chi connectivity index (χ1) is 14.2. The van der Waals surface area contributed by atoms with E-state index < -0.39 is 5.82 Å². The minimum absolute atomic E-state index is 0.0767. The molecule has 0 saturated heterocycles. The smallest absolute Gasteiger partial charge is 0.254 e. The molecule has 0 aliphatic heterocycles. The molecule has 1 aromatic carbocycles. The van der Waals surface area contributed by atoms with Crippen LogP contribution in [-0.2, 0) is 5.41 Å². The van der Waals surface area contributed by atoms with Crippen molar-refractivity contribution in [3.05, 3.63) is 59.2 Å². The van der Waals surface area contributed by atoms with E-state index in [4.69, 9.17) is 9.84 Å². The number of ether oxygens (including phenoxy) is 1. The van der Waals surface area contributed by atoms with Crippen LogP contribution in [0.1, 0.15) is 42.5 Å². The van der Waals surface area contributed by atoms with Gasteiger partial charge < -0.3 is 15.4 Å². The third-order valence-corrected chi connectivity index (χ3v) is 4.61. The Kier molecular flexibility index (Phi) is 5.78. The summed E-state index contributed by atoms with van der Waals surface area (Å²) < 4.78 is 21.2. The average Bonchev–Trinajstić information content (AvgIpc) is 3.11. The number of aryl methyl sites for hydroxylation is 1. The van der Waals surface area contributed by atoms with Gasteiger partial charge >= 0.3 is 0 Å². The third kappa shape index (κ3) is 4.12. The molecule has 8 heteroatoms. The zero-order chi connectivity index (χ0) is 22.1. The van der Waals surface area contributed by atoms with Crippen LogP contribution in [0, 0.1) is 12.7 Å². The van der Waals surface area contributed by atoms with Crippen LogP contribution in [0.25, 0.3) is 5.69 Å². The number of benzene rings is 1. The number of methoxy groups -OCH3 is 1. The van der Waals surface area contributed by atoms with Crippen LogP contribution in [0.3, 0.4) is 0 Å². The molecule has 0 spiro atoms. The van der Waals surface area contributed by atoms with E-state index in [-0.39, 0.29) is 17.1 Å². The summed E-state index contributed by atoms with van der Waals surface area (Å²) in [6.07, 6.45) is 0. The van der Waals surface area contributed by atoms with E-state index in [0.717, 1.165) is 11.4 Å². The lowest BCUT2D eigenvalue weighted by Crippen LogP contribution is -2.20. The van der Waals surface area contributed by atoms with Crippen LogP contribution in [0.2, 0.25) is 0 Å². The van der Waals surface area contributed by atoms with Crippen molar-refractivity contribution in [2.45, 2.75) is 33.1 Å². The normalized spacial score (nSPS) is 11.3. The maximum atomic E-state index is 14.4. The SMILES string of the molecule is CNC(=O)c1ccc(C)nc1Nc1cc(C(C)(C)C)nn1-c1cccc(F)c1OC. The molecule has 0 bridgehead atoms. The molecule has 3 rings (SSSR count). The summed E-state index contributed by atoms with van der Waals surface area (Å²) in [6.45, 7) is 7.94. The number of hydrogen-bond acceptors (Lipinski definition) is 5. The lowest BCUT2D eigenvalue weighted by atomic mass is 9.92. The number of halogens is 1. The molecular weight excluding hydrogens is 385 g/mol. The number of carbonyl (C=O) groups excluding carboxylic acids is 1. The van der Waals surface area contributed by atoms with Crippen molar-refractivity contribution >= 4 is 17.5 Å². The van der Waals surface area contributed by atoms with Crippen LogP contribution >= 0.6 is 0 Å². The monoisotopic (exact) mass is 411 g/mol. The Hall–Kier alpha value is -3.42. The minimum atomic E-state index is -0.492. The number of rotatable bonds is 5. The molecule has 1 amide bonds. The summed E-state index contributed by atoms with van der Waals surface area (Å²) >= 11 is 0. The first-order valence-corrected chi connectivity index (χ1v) is 9.56. The number of anilines is 2. The number of aromatic nitrogens is 3. The topological polar surface area (TPSA) is 81.1 Å². The van der Waals surface area contributed by atoms with Gasteiger partial charge in [0.1, 0.15) is 17.3 Å². The van der Waals surface area contributed by atoms with Gasteiger partial charge in [-0.3, -0.25) is 4.79 Å². The lowest BCUT2D eigenvalue weighted by Gasteiger charge is -2.15. The highest BCUT2D eigenvalue weighted by atomic mass is 19.1. The fraction of sp³-hybridized carbons (Fsp3) is 0.318. The Morgan fingerprint density at radius 3 is 2.57 bits per heavy atom. The molecule has 0 saturated carbocycles. The largest absolute Gasteiger partial charge is 0.492 e. The summed E-state index contributed by atoms with van der Waals surface area (Å²) in [5.41, 5.74) is 2.09. The van der Waals surface area contributed by atoms with E-state index in [0.29, 0.717) is 22.9 Å². The van der Waals surface area contributed by atoms with Crippen molar-refractivity contribution in [3.8, 4) is 11.4 Å². The first-order valence-electron chi connectivity index (χ1n) is 9.56. The van der Waals surface area contributed by atoms with Gasteiger partial charge in [-0.15, -0.1) is 0 Å². The molecule has 0 fully saturated rings. The van der Waals surface area contributed by atoms with Crippen molar-refractivity contribution in [1.29, 1.82) is 0 Å². The van der Waals surface area contributed by atoms with Gasteiger partial charge in [0.05, 0.1) is 18.4 Å². The Morgan fingerprint density at radius 2 is 1.93 bits per heavy atom. The quantitative estimate of drug-likeness (QED) is 0.660. The standard InChI is InChI=1S/C22H26FN5O2/c1-13-10-11-14(21(29)24-5)20(25-13)26-18-12-17(22(2,3)4)27-28(18)16-9-7-8-15(23)19(16)30-6/h7-12H,1-6H3,(H,24,29)(H,25,26). The van der Waals surface area contributed by atoms with E-state index in [1.54, 1.807) is 36.0 Å². The lowest BCUT2D eigenvalue weighted by molar-refractivity contribution is 0.0963. The fourth-order valence-corrected chi connectivity index (χ4v) is 2.98. The van der Waals surface area contributed by atoms with Gasteiger partial charge in [0.25, 0.3) is 5.91 Å². The predicted molar refractivity (Wildman–Crippen MR) is 114 cm³/mol. The van der Waals surface area contributed by atoms with Crippen LogP contribution in [0.4, 0.5) is 16.0 Å². The van der Waals surface area contributed by atoms with E-state index >= 15 is 0 Å². The highest BCUT2D eigenvalue weighted by Gasteiger charge is 2.24. The predicted octanol–water partition coefficient (Wildman–Crippen LogP) is 4.12. The second-order valence-corrected chi connectivity index (χ2v) is 7.92. The van der Waals surface area contributed by atoms with Crippen molar-refractivity contribution in [1.82, 2.24) is 20.1 Å². The number of carbonyl (C=O) groups is 1. The zero-order valence-corrected chi connectivity index (χ0v) is 18.0. The van der Waals surface area contributed by atoms with Crippen molar-refractivity contribution in [2.75, 3.05) is 19.5 Å². The first kappa shape index (κ1) is 21.3. The minimum Gasteiger partial charge on any atom is -0.492 e. The van der Waals surface area contributed by atoms with Crippen molar-refractivity contribution in [2.24, 2.45) is 0 Å². The van der Waals surface area contributed by atoms with Gasteiger partial charge in [-0.2, -0.15) is 5.10 Å². The molecule has 2 heterocycles. The second-order valence-electron chi connectivity index (χ2n) is 7.92. The molecule has 3 aromatic rings. The summed E-state index contributed by atoms with van der Waals surface area (Å²) in [5.74, 6) is 0.232. The number of amides is 1. The van der Waals surface area contributed by atoms with Gasteiger partial charge in [0, 0.05) is 24.2 Å². The molecule has 30 heavy (non-hydrogen) atoms. The van der Waals surface area contributed by atoms with Crippen molar-refractivity contribution < 1.29 is 13.9 Å². The Balaban J connectivity index is 2.20. The Labute approximate surface area is 175 Å². The zero-order valence-electron chi connectivity index (χ0n) is 18.0. The number of pyridine rings is 1. The van der Waals surface area contributed by atoms with Gasteiger partial charge in [-0.25, -0.2) is 14.1 Å². The molecule has 2 N–H and O–H groups in total. The van der Waals surface area contributed by atoms with E-state index in [1.807, 2.05) is 33.8 Å². The molecule has 2 aromatic heterocycles. The molecule has 0 unspecified atom stereocenters. The molecule has 158 valence electrons. The summed E-state index contributed by atoms with van der Waals surface area (Å²) in [7, 11) is 2.97. The van der Waals surface area contributed by atoms with Crippen molar-refractivity contribution in [3.63, 3.8) is 0 Å². The van der Waals surface area contributed by atoms with E-state index in [1.165, 1.54) is 13.2 Å². The number of nitrogens with zero attached hydrogens (tertiary/aromatic N) is 3. The number of para-hydroxylation sites is 1. The van der Waals surface area contributed by atoms with Crippen LogP contribution < -0.4 is 15.4 Å². The van der Waals surface area contributed by atoms with Gasteiger partial charge in [-0.1, -0.05) is 26.8 Å². The van der Waals surface area contributed by atoms with Gasteiger partial charge in [0.15, 0.2) is 11.6 Å². The van der Waals surface area contributed by atoms with E-state index in [2.05, 4.69) is 15.6 Å². The highest BCUT2D eigenvalue weighted by Crippen LogP contribution is 2.33. The summed E-state index contributed by atoms with van der Waals surface area (Å²) in [4.78, 5) is 16.8. The highest BCUT2D eigenvalue weighted by molar-refractivity contribution is 5.99. The summed E-state index contributed by atoms with van der Waals surface area (Å²) in [5, 5.41) is 10.5. The molecule has 0 radical (unpaired) electrons. The maximum Gasteiger partial charge on any atom is 0.254 e. The number of hydrogen-bond donors (Lipinski definition) is 2. The van der Waals surface area contributed by atoms with Crippen LogP contribution in [-0.4, -0.2) is 34.8 Å². The van der Waals surface area contributed by atoms with Crippen LogP contribution in [0.15, 0.2) is 36.4 Å². The van der Waals surface area contributed by atoms with Crippen LogP contribution in [0.5, 0.6) is 5.75 Å². The molecule has 7 nitrogen and oxygen atoms in total. The third-order valence-electron chi connectivity index (χ3n) is 4.61. The Morgan fingerprint density at radius 1 is 1.20 bits per heavy atom. The maximum absolute atomic E-state index is 14.4. The molecule has 0 atom stereocenters. The average molecular weight is 411 g/mol. The number of nitrogens with one attached hydrogen (secondary N) is 2. The van der Waals surface area contributed by atoms with E-state index in [9.17, 15) is 9.18 Å². The summed E-state index contributed by atoms with van der Waals surface area (Å²) in [6, 6.07) is 9.98. The Bertz CT molecular complexity index is 1090. The van der Waals surface area contributed by atoms with Gasteiger partial charge in [-0.05, 0) is 31.2 Å². The molecular formula is C22H26FN5O2. The van der Waals surface area contributed by atoms with Gasteiger partial charge in [0.2, 0.25) is 0 Å².